The van der Waals surface area contributed by atoms with Crippen LogP contribution < -0.4 is 4.74 Å². The van der Waals surface area contributed by atoms with Crippen LogP contribution in [0.5, 0.6) is 5.75 Å². The van der Waals surface area contributed by atoms with Crippen molar-refractivity contribution in [1.82, 2.24) is 0 Å². The molecule has 0 amide bonds. The topological polar surface area (TPSA) is 66.8 Å². The molecule has 0 aromatic heterocycles. The van der Waals surface area contributed by atoms with Crippen LogP contribution >= 0.6 is 7.60 Å². The molecule has 0 aliphatic heterocycles. The molecule has 4 rings (SSSR count). The van der Waals surface area contributed by atoms with E-state index in [0.717, 1.165) is 32.3 Å². The molecule has 0 heterocycles. The molecule has 0 saturated carbocycles. The van der Waals surface area contributed by atoms with Gasteiger partial charge in [0.05, 0.1) is 12.8 Å². The van der Waals surface area contributed by atoms with E-state index in [1.807, 2.05) is 43.3 Å². The first-order valence-electron chi connectivity index (χ1n) is 7.84. The predicted molar refractivity (Wildman–Crippen MR) is 97.1 cm³/mol. The zero-order valence-electron chi connectivity index (χ0n) is 13.2. The molecular formula is C19H17O4P. The Morgan fingerprint density at radius 1 is 0.958 bits per heavy atom. The molecule has 0 unspecified atom stereocenters. The van der Waals surface area contributed by atoms with Crippen molar-refractivity contribution in [2.45, 2.75) is 13.1 Å². The van der Waals surface area contributed by atoms with Gasteiger partial charge in [0.1, 0.15) is 5.75 Å². The molecule has 0 atom stereocenters. The minimum Gasteiger partial charge on any atom is -0.493 e. The van der Waals surface area contributed by atoms with Gasteiger partial charge in [0, 0.05) is 16.3 Å². The lowest BCUT2D eigenvalue weighted by atomic mass is 9.92. The molecule has 4 nitrogen and oxygen atoms in total. The van der Waals surface area contributed by atoms with E-state index in [4.69, 9.17) is 4.74 Å². The first kappa shape index (κ1) is 15.4. The second kappa shape index (κ2) is 5.45. The number of benzene rings is 4. The predicted octanol–water partition coefficient (Wildman–Crippen LogP) is 4.66. The summed E-state index contributed by atoms with van der Waals surface area (Å²) in [5.41, 5.74) is 0.552. The third-order valence-electron chi connectivity index (χ3n) is 4.34. The first-order valence-corrected chi connectivity index (χ1v) is 9.64. The summed E-state index contributed by atoms with van der Waals surface area (Å²) in [5, 5.41) is 6.43. The highest BCUT2D eigenvalue weighted by Gasteiger charge is 2.21. The van der Waals surface area contributed by atoms with Crippen LogP contribution in [0.3, 0.4) is 0 Å². The lowest BCUT2D eigenvalue weighted by Crippen LogP contribution is -1.99. The van der Waals surface area contributed by atoms with Crippen LogP contribution in [0.1, 0.15) is 12.5 Å². The Labute approximate surface area is 139 Å². The lowest BCUT2D eigenvalue weighted by Gasteiger charge is -2.18. The van der Waals surface area contributed by atoms with Crippen LogP contribution in [0.4, 0.5) is 0 Å². The number of rotatable bonds is 4. The van der Waals surface area contributed by atoms with Crippen LogP contribution in [0.2, 0.25) is 0 Å². The zero-order chi connectivity index (χ0) is 16.9. The van der Waals surface area contributed by atoms with Crippen molar-refractivity contribution in [3.63, 3.8) is 0 Å². The largest absolute Gasteiger partial charge is 0.493 e. The monoisotopic (exact) mass is 340 g/mol. The van der Waals surface area contributed by atoms with Crippen LogP contribution in [-0.4, -0.2) is 16.4 Å². The van der Waals surface area contributed by atoms with Crippen molar-refractivity contribution in [2.75, 3.05) is 6.61 Å². The summed E-state index contributed by atoms with van der Waals surface area (Å²) in [6, 6.07) is 16.1. The molecule has 4 aromatic carbocycles. The second-order valence-corrected chi connectivity index (χ2v) is 7.62. The minimum absolute atomic E-state index is 0.321. The summed E-state index contributed by atoms with van der Waals surface area (Å²) < 4.78 is 17.3. The first-order chi connectivity index (χ1) is 11.5. The van der Waals surface area contributed by atoms with Gasteiger partial charge < -0.3 is 14.5 Å². The van der Waals surface area contributed by atoms with Gasteiger partial charge in [-0.3, -0.25) is 4.57 Å². The third kappa shape index (κ3) is 2.44. The standard InChI is InChI=1S/C19H17O4P/c1-2-23-19-15(11-24(20,21)22)10-14-7-6-12-4-3-5-13-8-9-16(19)18(14)17(12)13/h3-10H,2,11H2,1H3,(H2,20,21,22). The maximum atomic E-state index is 11.5. The van der Waals surface area contributed by atoms with Crippen LogP contribution in [-0.2, 0) is 10.7 Å². The molecule has 0 bridgehead atoms. The fraction of sp³-hybridized carbons (Fsp3) is 0.158. The zero-order valence-corrected chi connectivity index (χ0v) is 14.1. The Morgan fingerprint density at radius 3 is 2.29 bits per heavy atom. The Balaban J connectivity index is 2.15. The molecule has 0 radical (unpaired) electrons. The van der Waals surface area contributed by atoms with Crippen molar-refractivity contribution in [1.29, 1.82) is 0 Å². The summed E-state index contributed by atoms with van der Waals surface area (Å²) in [7, 11) is -4.18. The van der Waals surface area contributed by atoms with Crippen molar-refractivity contribution in [3.05, 3.63) is 54.1 Å². The van der Waals surface area contributed by atoms with E-state index in [9.17, 15) is 14.4 Å². The van der Waals surface area contributed by atoms with Crippen LogP contribution in [0, 0.1) is 0 Å². The van der Waals surface area contributed by atoms with E-state index in [0.29, 0.717) is 17.9 Å². The van der Waals surface area contributed by atoms with E-state index < -0.39 is 7.60 Å². The van der Waals surface area contributed by atoms with E-state index in [-0.39, 0.29) is 6.16 Å². The van der Waals surface area contributed by atoms with Gasteiger partial charge in [-0.15, -0.1) is 0 Å². The highest BCUT2D eigenvalue weighted by molar-refractivity contribution is 7.50. The Morgan fingerprint density at radius 2 is 1.62 bits per heavy atom. The molecule has 0 aliphatic rings. The van der Waals surface area contributed by atoms with Crippen LogP contribution in [0.15, 0.2) is 48.5 Å². The van der Waals surface area contributed by atoms with Gasteiger partial charge in [0.15, 0.2) is 0 Å². The summed E-state index contributed by atoms with van der Waals surface area (Å²) in [4.78, 5) is 18.8. The van der Waals surface area contributed by atoms with Gasteiger partial charge in [-0.05, 0) is 40.6 Å². The number of ether oxygens (including phenoxy) is 1. The van der Waals surface area contributed by atoms with Gasteiger partial charge in [-0.1, -0.05) is 36.4 Å². The second-order valence-electron chi connectivity index (χ2n) is 5.98. The Bertz CT molecular complexity index is 1080. The Kier molecular flexibility index (Phi) is 3.50. The number of hydrogen-bond donors (Lipinski definition) is 2. The van der Waals surface area contributed by atoms with Crippen molar-refractivity contribution < 1.29 is 19.1 Å². The molecule has 0 fully saturated rings. The van der Waals surface area contributed by atoms with E-state index in [1.54, 1.807) is 0 Å². The van der Waals surface area contributed by atoms with Gasteiger partial charge in [-0.2, -0.15) is 0 Å². The average Bonchev–Trinajstić information content (AvgIpc) is 2.53. The lowest BCUT2D eigenvalue weighted by molar-refractivity contribution is 0.338. The minimum atomic E-state index is -4.18. The molecule has 0 saturated heterocycles. The van der Waals surface area contributed by atoms with Crippen molar-refractivity contribution >= 4 is 39.9 Å². The molecule has 122 valence electrons. The highest BCUT2D eigenvalue weighted by atomic mass is 31.2. The molecule has 24 heavy (non-hydrogen) atoms. The van der Waals surface area contributed by atoms with Gasteiger partial charge in [0.25, 0.3) is 0 Å². The molecular weight excluding hydrogens is 323 g/mol. The summed E-state index contributed by atoms with van der Waals surface area (Å²) in [6.45, 7) is 2.32. The maximum absolute atomic E-state index is 11.5. The smallest absolute Gasteiger partial charge is 0.330 e. The normalized spacial score (nSPS) is 12.5. The molecule has 0 spiro atoms. The Hall–Kier alpha value is -2.13. The molecule has 4 aromatic rings. The summed E-state index contributed by atoms with van der Waals surface area (Å²) in [5.74, 6) is 0.576. The van der Waals surface area contributed by atoms with Gasteiger partial charge in [0.2, 0.25) is 0 Å². The molecule has 5 heteroatoms. The SMILES string of the molecule is CCOc1c(CP(=O)(O)O)cc2ccc3cccc4ccc1c2c34. The quantitative estimate of drug-likeness (QED) is 0.419. The van der Waals surface area contributed by atoms with Crippen molar-refractivity contribution in [3.8, 4) is 5.75 Å². The van der Waals surface area contributed by atoms with Crippen molar-refractivity contribution in [2.24, 2.45) is 0 Å². The van der Waals surface area contributed by atoms with E-state index >= 15 is 0 Å². The van der Waals surface area contributed by atoms with Crippen LogP contribution in [0.25, 0.3) is 32.3 Å². The molecule has 2 N–H and O–H groups in total. The molecule has 0 aliphatic carbocycles. The van der Waals surface area contributed by atoms with Gasteiger partial charge in [-0.25, -0.2) is 0 Å². The van der Waals surface area contributed by atoms with E-state index in [2.05, 4.69) is 12.1 Å². The summed E-state index contributed by atoms with van der Waals surface area (Å²) >= 11 is 0. The maximum Gasteiger partial charge on any atom is 0.330 e. The third-order valence-corrected chi connectivity index (χ3v) is 5.09. The highest BCUT2D eigenvalue weighted by Crippen LogP contribution is 2.46. The fourth-order valence-electron chi connectivity index (χ4n) is 3.50. The fourth-order valence-corrected chi connectivity index (χ4v) is 4.18. The average molecular weight is 340 g/mol. The van der Waals surface area contributed by atoms with Gasteiger partial charge >= 0.3 is 7.60 Å². The summed E-state index contributed by atoms with van der Waals surface area (Å²) in [6.07, 6.45) is -0.321. The van der Waals surface area contributed by atoms with E-state index in [1.165, 1.54) is 0 Å². The number of hydrogen-bond acceptors (Lipinski definition) is 2.